The lowest BCUT2D eigenvalue weighted by Gasteiger charge is -2.13. The Labute approximate surface area is 168 Å². The summed E-state index contributed by atoms with van der Waals surface area (Å²) >= 11 is 5.30. The molecule has 2 N–H and O–H groups in total. The zero-order chi connectivity index (χ0) is 20.1. The Morgan fingerprint density at radius 1 is 1.21 bits per heavy atom. The first-order chi connectivity index (χ1) is 13.5. The predicted octanol–water partition coefficient (Wildman–Crippen LogP) is 3.25. The number of nitrogens with zero attached hydrogens (tertiary/aromatic N) is 2. The van der Waals surface area contributed by atoms with E-state index in [9.17, 15) is 4.79 Å². The summed E-state index contributed by atoms with van der Waals surface area (Å²) in [6, 6.07) is 13.4. The van der Waals surface area contributed by atoms with E-state index in [1.54, 1.807) is 18.8 Å². The van der Waals surface area contributed by atoms with Gasteiger partial charge < -0.3 is 14.8 Å². The molecule has 7 nitrogen and oxygen atoms in total. The van der Waals surface area contributed by atoms with E-state index in [-0.39, 0.29) is 12.5 Å². The lowest BCUT2D eigenvalue weighted by molar-refractivity contribution is -0.121. The second kappa shape index (κ2) is 8.71. The van der Waals surface area contributed by atoms with E-state index in [0.717, 1.165) is 16.7 Å². The summed E-state index contributed by atoms with van der Waals surface area (Å²) in [6.45, 7) is 2.37. The highest BCUT2D eigenvalue weighted by Crippen LogP contribution is 2.30. The molecule has 28 heavy (non-hydrogen) atoms. The number of aromatic amines is 1. The second-order valence-corrected chi connectivity index (χ2v) is 6.62. The summed E-state index contributed by atoms with van der Waals surface area (Å²) in [7, 11) is 3.15. The molecule has 0 saturated heterocycles. The third-order valence-electron chi connectivity index (χ3n) is 4.30. The number of para-hydroxylation sites is 1. The standard InChI is InChI=1S/C20H22N4O3S/c1-13-6-4-7-14(10-13)19-22-23-20(28)24(19)12-17(25)21-11-15-8-5-9-16(26-2)18(15)27-3/h4-10H,11-12H2,1-3H3,(H,21,25)(H,23,28). The van der Waals surface area contributed by atoms with Crippen LogP contribution in [0.15, 0.2) is 42.5 Å². The van der Waals surface area contributed by atoms with Crippen LogP contribution in [0, 0.1) is 11.7 Å². The predicted molar refractivity (Wildman–Crippen MR) is 109 cm³/mol. The molecule has 0 aliphatic heterocycles. The highest BCUT2D eigenvalue weighted by molar-refractivity contribution is 7.71. The highest BCUT2D eigenvalue weighted by Gasteiger charge is 2.14. The summed E-state index contributed by atoms with van der Waals surface area (Å²) in [4.78, 5) is 12.5. The van der Waals surface area contributed by atoms with Gasteiger partial charge in [0, 0.05) is 17.7 Å². The van der Waals surface area contributed by atoms with Gasteiger partial charge in [-0.1, -0.05) is 35.9 Å². The number of carbonyl (C=O) groups excluding carboxylic acids is 1. The molecule has 3 rings (SSSR count). The molecular formula is C20H22N4O3S. The van der Waals surface area contributed by atoms with Crippen molar-refractivity contribution in [3.05, 3.63) is 58.4 Å². The highest BCUT2D eigenvalue weighted by atomic mass is 32.1. The number of benzene rings is 2. The number of methoxy groups -OCH3 is 2. The molecule has 1 amide bonds. The van der Waals surface area contributed by atoms with Gasteiger partial charge >= 0.3 is 0 Å². The molecule has 8 heteroatoms. The lowest BCUT2D eigenvalue weighted by Crippen LogP contribution is -2.27. The van der Waals surface area contributed by atoms with Crippen molar-refractivity contribution in [1.29, 1.82) is 0 Å². The summed E-state index contributed by atoms with van der Waals surface area (Å²) < 4.78 is 12.8. The Balaban J connectivity index is 1.75. The van der Waals surface area contributed by atoms with Crippen molar-refractivity contribution >= 4 is 18.1 Å². The number of aryl methyl sites for hydroxylation is 1. The van der Waals surface area contributed by atoms with Crippen LogP contribution < -0.4 is 14.8 Å². The number of ether oxygens (including phenoxy) is 2. The van der Waals surface area contributed by atoms with Crippen LogP contribution in [0.25, 0.3) is 11.4 Å². The van der Waals surface area contributed by atoms with E-state index >= 15 is 0 Å². The van der Waals surface area contributed by atoms with Crippen molar-refractivity contribution in [1.82, 2.24) is 20.1 Å². The van der Waals surface area contributed by atoms with Crippen molar-refractivity contribution in [3.63, 3.8) is 0 Å². The number of aromatic nitrogens is 3. The van der Waals surface area contributed by atoms with Crippen LogP contribution in [-0.4, -0.2) is 34.9 Å². The molecule has 0 atom stereocenters. The molecule has 1 heterocycles. The fourth-order valence-electron chi connectivity index (χ4n) is 2.96. The first-order valence-electron chi connectivity index (χ1n) is 8.72. The zero-order valence-corrected chi connectivity index (χ0v) is 16.8. The van der Waals surface area contributed by atoms with Gasteiger partial charge in [0.2, 0.25) is 5.91 Å². The van der Waals surface area contributed by atoms with Crippen molar-refractivity contribution in [3.8, 4) is 22.9 Å². The Bertz CT molecular complexity index is 1040. The van der Waals surface area contributed by atoms with Gasteiger partial charge in [-0.15, -0.1) is 0 Å². The smallest absolute Gasteiger partial charge is 0.240 e. The minimum atomic E-state index is -0.184. The Morgan fingerprint density at radius 2 is 2.00 bits per heavy atom. The molecule has 3 aromatic rings. The number of amides is 1. The first kappa shape index (κ1) is 19.6. The molecule has 0 radical (unpaired) electrons. The minimum absolute atomic E-state index is 0.0604. The van der Waals surface area contributed by atoms with Crippen LogP contribution in [0.1, 0.15) is 11.1 Å². The second-order valence-electron chi connectivity index (χ2n) is 6.24. The maximum atomic E-state index is 12.5. The average Bonchev–Trinajstić information content (AvgIpc) is 3.06. The van der Waals surface area contributed by atoms with E-state index < -0.39 is 0 Å². The maximum absolute atomic E-state index is 12.5. The van der Waals surface area contributed by atoms with Gasteiger partial charge in [-0.05, 0) is 31.3 Å². The average molecular weight is 398 g/mol. The number of hydrogen-bond donors (Lipinski definition) is 2. The number of nitrogens with one attached hydrogen (secondary N) is 2. The SMILES string of the molecule is COc1cccc(CNC(=O)Cn2c(-c3cccc(C)c3)n[nH]c2=S)c1OC. The fourth-order valence-corrected chi connectivity index (χ4v) is 3.15. The Hall–Kier alpha value is -3.13. The largest absolute Gasteiger partial charge is 0.493 e. The summed E-state index contributed by atoms with van der Waals surface area (Å²) in [5.41, 5.74) is 2.83. The summed E-state index contributed by atoms with van der Waals surface area (Å²) in [5, 5.41) is 9.94. The topological polar surface area (TPSA) is 81.2 Å². The quantitative estimate of drug-likeness (QED) is 0.597. The van der Waals surface area contributed by atoms with Gasteiger partial charge in [-0.2, -0.15) is 5.10 Å². The van der Waals surface area contributed by atoms with Crippen LogP contribution in [0.2, 0.25) is 0 Å². The van der Waals surface area contributed by atoms with E-state index in [4.69, 9.17) is 21.7 Å². The lowest BCUT2D eigenvalue weighted by atomic mass is 10.1. The molecule has 1 aromatic heterocycles. The molecular weight excluding hydrogens is 376 g/mol. The van der Waals surface area contributed by atoms with Crippen LogP contribution in [0.5, 0.6) is 11.5 Å². The van der Waals surface area contributed by atoms with Gasteiger partial charge in [0.15, 0.2) is 22.1 Å². The number of H-pyrrole nitrogens is 1. The normalized spacial score (nSPS) is 10.5. The monoisotopic (exact) mass is 398 g/mol. The molecule has 0 bridgehead atoms. The Kier molecular flexibility index (Phi) is 6.10. The van der Waals surface area contributed by atoms with E-state index in [1.165, 1.54) is 0 Å². The molecule has 0 unspecified atom stereocenters. The maximum Gasteiger partial charge on any atom is 0.240 e. The minimum Gasteiger partial charge on any atom is -0.493 e. The van der Waals surface area contributed by atoms with Gasteiger partial charge in [-0.25, -0.2) is 0 Å². The number of rotatable bonds is 7. The van der Waals surface area contributed by atoms with Crippen molar-refractivity contribution in [2.45, 2.75) is 20.0 Å². The molecule has 0 spiro atoms. The summed E-state index contributed by atoms with van der Waals surface area (Å²) in [5.74, 6) is 1.66. The Morgan fingerprint density at radius 3 is 2.71 bits per heavy atom. The van der Waals surface area contributed by atoms with E-state index in [2.05, 4.69) is 15.5 Å². The molecule has 146 valence electrons. The van der Waals surface area contributed by atoms with Gasteiger partial charge in [0.05, 0.1) is 14.2 Å². The van der Waals surface area contributed by atoms with E-state index in [1.807, 2.05) is 49.4 Å². The third-order valence-corrected chi connectivity index (χ3v) is 4.61. The van der Waals surface area contributed by atoms with Gasteiger partial charge in [0.25, 0.3) is 0 Å². The van der Waals surface area contributed by atoms with Crippen LogP contribution in [0.3, 0.4) is 0 Å². The van der Waals surface area contributed by atoms with Crippen molar-refractivity contribution < 1.29 is 14.3 Å². The molecule has 0 aliphatic carbocycles. The third kappa shape index (κ3) is 4.23. The van der Waals surface area contributed by atoms with Crippen molar-refractivity contribution in [2.75, 3.05) is 14.2 Å². The molecule has 2 aromatic carbocycles. The molecule has 0 fully saturated rings. The van der Waals surface area contributed by atoms with Crippen LogP contribution in [0.4, 0.5) is 0 Å². The number of carbonyl (C=O) groups is 1. The number of hydrogen-bond acceptors (Lipinski definition) is 5. The zero-order valence-electron chi connectivity index (χ0n) is 16.0. The van der Waals surface area contributed by atoms with Crippen LogP contribution in [-0.2, 0) is 17.9 Å². The van der Waals surface area contributed by atoms with Gasteiger partial charge in [-0.3, -0.25) is 14.5 Å². The van der Waals surface area contributed by atoms with Gasteiger partial charge in [0.1, 0.15) is 6.54 Å². The van der Waals surface area contributed by atoms with Crippen LogP contribution >= 0.6 is 12.2 Å². The molecule has 0 aliphatic rings. The van der Waals surface area contributed by atoms with Crippen molar-refractivity contribution in [2.24, 2.45) is 0 Å². The molecule has 0 saturated carbocycles. The summed E-state index contributed by atoms with van der Waals surface area (Å²) in [6.07, 6.45) is 0. The fraction of sp³-hybridized carbons (Fsp3) is 0.250. The first-order valence-corrected chi connectivity index (χ1v) is 9.13. The van der Waals surface area contributed by atoms with E-state index in [0.29, 0.717) is 28.6 Å².